The van der Waals surface area contributed by atoms with E-state index in [2.05, 4.69) is 57.2 Å². The predicted octanol–water partition coefficient (Wildman–Crippen LogP) is 6.95. The Balaban J connectivity index is 1.50. The van der Waals surface area contributed by atoms with Crippen LogP contribution < -0.4 is 15.0 Å². The van der Waals surface area contributed by atoms with Crippen molar-refractivity contribution in [2.45, 2.75) is 69.9 Å². The van der Waals surface area contributed by atoms with Crippen LogP contribution in [0, 0.1) is 6.57 Å². The number of nitrogens with zero attached hydrogens (tertiary/aromatic N) is 7. The Morgan fingerprint density at radius 3 is 2.08 bits per heavy atom. The maximum atomic E-state index is 13.3. The Morgan fingerprint density at radius 2 is 1.54 bits per heavy atom. The van der Waals surface area contributed by atoms with Gasteiger partial charge in [0, 0.05) is 33.3 Å². The molecule has 5 atom stereocenters. The van der Waals surface area contributed by atoms with E-state index < -0.39 is 44.2 Å². The minimum Gasteiger partial charge on any atom is -0.497 e. The van der Waals surface area contributed by atoms with Crippen molar-refractivity contribution in [2.75, 3.05) is 55.2 Å². The molecule has 3 heterocycles. The molecule has 0 spiro atoms. The number of rotatable bonds is 20. The monoisotopic (exact) mass is 854 g/mol. The number of aromatic nitrogens is 4. The zero-order valence-corrected chi connectivity index (χ0v) is 37.0. The van der Waals surface area contributed by atoms with Gasteiger partial charge in [0.2, 0.25) is 12.5 Å². The summed E-state index contributed by atoms with van der Waals surface area (Å²) in [6, 6.07) is 25.6. The van der Waals surface area contributed by atoms with E-state index in [4.69, 9.17) is 39.3 Å². The minimum absolute atomic E-state index is 0.0123. The summed E-state index contributed by atoms with van der Waals surface area (Å²) in [5, 5.41) is 0. The fourth-order valence-electron chi connectivity index (χ4n) is 7.45. The molecule has 1 N–H and O–H groups in total. The molecule has 17 heteroatoms. The van der Waals surface area contributed by atoms with E-state index in [1.54, 1.807) is 37.1 Å². The van der Waals surface area contributed by atoms with Crippen LogP contribution in [0.1, 0.15) is 50.6 Å². The fraction of sp³-hybridized carbons (Fsp3) is 0.432. The fourth-order valence-corrected chi connectivity index (χ4v) is 9.21. The first-order valence-electron chi connectivity index (χ1n) is 20.0. The highest BCUT2D eigenvalue weighted by atomic mass is 31.2. The van der Waals surface area contributed by atoms with E-state index in [-0.39, 0.29) is 49.0 Å². The smallest absolute Gasteiger partial charge is 0.280 e. The predicted molar refractivity (Wildman–Crippen MR) is 234 cm³/mol. The summed E-state index contributed by atoms with van der Waals surface area (Å²) in [5.74, 6) is 1.49. The molecule has 0 amide bonds. The Kier molecular flexibility index (Phi) is 15.3. The summed E-state index contributed by atoms with van der Waals surface area (Å²) >= 11 is 0. The van der Waals surface area contributed by atoms with E-state index in [1.807, 2.05) is 93.0 Å². The molecule has 0 bridgehead atoms. The molecule has 0 aliphatic carbocycles. The van der Waals surface area contributed by atoms with Crippen LogP contribution in [0.25, 0.3) is 16.0 Å². The summed E-state index contributed by atoms with van der Waals surface area (Å²) in [6.45, 7) is 16.1. The molecule has 1 aliphatic heterocycles. The topological polar surface area (TPSA) is 151 Å². The number of hydrogen-bond acceptors (Lipinski definition) is 12. The van der Waals surface area contributed by atoms with Crippen molar-refractivity contribution in [2.24, 2.45) is 4.99 Å². The number of hydrogen-bond donors (Lipinski definition) is 1. The highest BCUT2D eigenvalue weighted by Gasteiger charge is 2.51. The molecule has 3 aromatic carbocycles. The molecule has 16 nitrogen and oxygen atoms in total. The highest BCUT2D eigenvalue weighted by molar-refractivity contribution is 7.44. The summed E-state index contributed by atoms with van der Waals surface area (Å²) in [5.41, 5.74) is 1.27. The summed E-state index contributed by atoms with van der Waals surface area (Å²) in [4.78, 5) is 34.7. The Morgan fingerprint density at radius 1 is 0.934 bits per heavy atom. The first kappa shape index (κ1) is 45.3. The first-order valence-corrected chi connectivity index (χ1v) is 21.1. The molecule has 324 valence electrons. The lowest BCUT2D eigenvalue weighted by molar-refractivity contribution is -0.0938. The third-order valence-corrected chi connectivity index (χ3v) is 12.3. The quantitative estimate of drug-likeness (QED) is 0.0216. The zero-order chi connectivity index (χ0) is 43.7. The molecule has 0 radical (unpaired) electrons. The van der Waals surface area contributed by atoms with Crippen molar-refractivity contribution < 1.29 is 32.7 Å². The Hall–Kier alpha value is -5.24. The van der Waals surface area contributed by atoms with Crippen molar-refractivity contribution >= 4 is 32.0 Å². The largest absolute Gasteiger partial charge is 0.497 e. The van der Waals surface area contributed by atoms with Gasteiger partial charge in [0.05, 0.1) is 33.5 Å². The number of fused-ring (bicyclic) bond motifs is 1. The third kappa shape index (κ3) is 9.95. The number of benzene rings is 3. The third-order valence-electron chi connectivity index (χ3n) is 10.2. The lowest BCUT2D eigenvalue weighted by Crippen LogP contribution is -2.42. The lowest BCUT2D eigenvalue weighted by atomic mass is 9.80. The second kappa shape index (κ2) is 20.5. The molecule has 1 aliphatic rings. The summed E-state index contributed by atoms with van der Waals surface area (Å²) in [7, 11) is 6.71. The first-order chi connectivity index (χ1) is 29.4. The SMILES string of the molecule is [C-]#[N+]CCOP(OC1[C@@H](COC(c2ccccc2)(c2ccc(OC)cc2)c2ccc(OC)cc2)O[C@@H](n2cnc3c(=O)[nH]c(/N=C/N(C)C)nc32)[C@H]1OC)N(C(C)C)C(C)C. The Labute approximate surface area is 358 Å². The van der Waals surface area contributed by atoms with E-state index in [9.17, 15) is 4.79 Å². The lowest BCUT2D eigenvalue weighted by Gasteiger charge is -2.39. The molecule has 61 heavy (non-hydrogen) atoms. The van der Waals surface area contributed by atoms with Crippen molar-refractivity contribution in [3.05, 3.63) is 124 Å². The van der Waals surface area contributed by atoms with Crippen molar-refractivity contribution in [3.8, 4) is 11.5 Å². The highest BCUT2D eigenvalue weighted by Crippen LogP contribution is 2.51. The molecule has 2 aromatic heterocycles. The van der Waals surface area contributed by atoms with Crippen LogP contribution in [0.3, 0.4) is 0 Å². The van der Waals surface area contributed by atoms with E-state index in [1.165, 1.54) is 6.33 Å². The van der Waals surface area contributed by atoms with Crippen LogP contribution in [0.5, 0.6) is 11.5 Å². The number of nitrogens with one attached hydrogen (secondary N) is 1. The molecular formula is C44H55N8O8P. The molecule has 1 saturated heterocycles. The van der Waals surface area contributed by atoms with Crippen LogP contribution in [0.2, 0.25) is 0 Å². The van der Waals surface area contributed by atoms with Gasteiger partial charge >= 0.3 is 0 Å². The van der Waals surface area contributed by atoms with Gasteiger partial charge in [-0.15, -0.1) is 0 Å². The average Bonchev–Trinajstić information content (AvgIpc) is 3.84. The van der Waals surface area contributed by atoms with Gasteiger partial charge in [-0.2, -0.15) is 4.98 Å². The molecule has 0 saturated carbocycles. The van der Waals surface area contributed by atoms with Crippen molar-refractivity contribution in [1.82, 2.24) is 29.1 Å². The molecule has 6 rings (SSSR count). The molecule has 2 unspecified atom stereocenters. The van der Waals surface area contributed by atoms with E-state index in [0.29, 0.717) is 11.5 Å². The second-order valence-electron chi connectivity index (χ2n) is 15.1. The molecule has 5 aromatic rings. The molecular weight excluding hydrogens is 800 g/mol. The van der Waals surface area contributed by atoms with Crippen LogP contribution in [-0.4, -0.2) is 121 Å². The average molecular weight is 855 g/mol. The van der Waals surface area contributed by atoms with Crippen LogP contribution in [-0.2, 0) is 28.9 Å². The van der Waals surface area contributed by atoms with Gasteiger partial charge in [-0.1, -0.05) is 54.6 Å². The van der Waals surface area contributed by atoms with Gasteiger partial charge < -0.3 is 42.5 Å². The van der Waals surface area contributed by atoms with Crippen LogP contribution in [0.4, 0.5) is 5.95 Å². The normalized spacial score (nSPS) is 18.7. The Bertz CT molecular complexity index is 2240. The maximum Gasteiger partial charge on any atom is 0.280 e. The van der Waals surface area contributed by atoms with Gasteiger partial charge in [-0.05, 0) is 68.7 Å². The van der Waals surface area contributed by atoms with Gasteiger partial charge in [-0.3, -0.25) is 14.3 Å². The number of imidazole rings is 1. The molecule has 1 fully saturated rings. The number of H-pyrrole nitrogens is 1. The van der Waals surface area contributed by atoms with Crippen LogP contribution in [0.15, 0.2) is 95.0 Å². The second-order valence-corrected chi connectivity index (χ2v) is 16.5. The number of aliphatic imine (C=N–C) groups is 1. The summed E-state index contributed by atoms with van der Waals surface area (Å²) < 4.78 is 49.2. The van der Waals surface area contributed by atoms with Gasteiger partial charge in [0.15, 0.2) is 17.4 Å². The van der Waals surface area contributed by atoms with Gasteiger partial charge in [0.1, 0.15) is 42.0 Å². The number of aromatic amines is 1. The van der Waals surface area contributed by atoms with Crippen molar-refractivity contribution in [3.63, 3.8) is 0 Å². The standard InChI is InChI=1S/C44H55N8O8P/c1-29(2)52(30(3)4)61(58-25-24-45-5)60-38-36(59-42(39(38)56-10)51-28-46-37-40(51)48-43(49-41(37)53)47-27-50(6)7)26-57-44(31-14-12-11-13-15-31,32-16-20-34(54-8)21-17-32)33-18-22-35(55-9)23-19-33/h11-23,27-30,36,38-39,42H,24-26H2,1-4,6-10H3,(H,48,49,53)/b47-27+/t36-,38?,39+,42-,61?/m1/s1. The zero-order valence-electron chi connectivity index (χ0n) is 36.1. The number of methoxy groups -OCH3 is 3. The van der Waals surface area contributed by atoms with E-state index in [0.717, 1.165) is 16.7 Å². The van der Waals surface area contributed by atoms with Crippen molar-refractivity contribution in [1.29, 1.82) is 0 Å². The van der Waals surface area contributed by atoms with Gasteiger partial charge in [0.25, 0.3) is 14.1 Å². The number of ether oxygens (including phenoxy) is 5. The summed E-state index contributed by atoms with van der Waals surface area (Å²) in [6.07, 6.45) is -0.230. The maximum absolute atomic E-state index is 13.3. The minimum atomic E-state index is -1.77. The van der Waals surface area contributed by atoms with Crippen LogP contribution >= 0.6 is 8.53 Å². The van der Waals surface area contributed by atoms with Gasteiger partial charge in [-0.25, -0.2) is 21.2 Å². The van der Waals surface area contributed by atoms with E-state index >= 15 is 0 Å².